The summed E-state index contributed by atoms with van der Waals surface area (Å²) in [6.45, 7) is 11.4. The molecule has 0 aromatic heterocycles. The second-order valence-corrected chi connectivity index (χ2v) is 7.00. The van der Waals surface area contributed by atoms with Gasteiger partial charge in [0.1, 0.15) is 0 Å². The molecule has 1 saturated carbocycles. The second-order valence-electron chi connectivity index (χ2n) is 7.00. The third kappa shape index (κ3) is 4.46. The van der Waals surface area contributed by atoms with Crippen molar-refractivity contribution in [3.05, 3.63) is 65.0 Å². The number of rotatable bonds is 5. The smallest absolute Gasteiger partial charge is 0.187 e. The minimum atomic E-state index is 0.700. The molecule has 0 radical (unpaired) electrons. The van der Waals surface area contributed by atoms with Crippen molar-refractivity contribution in [1.29, 1.82) is 0 Å². The molecule has 0 amide bonds. The molecule has 24 heavy (non-hydrogen) atoms. The summed E-state index contributed by atoms with van der Waals surface area (Å²) in [7, 11) is 0. The molecule has 1 aliphatic rings. The van der Waals surface area contributed by atoms with Gasteiger partial charge in [0.15, 0.2) is 5.69 Å². The van der Waals surface area contributed by atoms with Crippen LogP contribution in [0.25, 0.3) is 16.0 Å². The summed E-state index contributed by atoms with van der Waals surface area (Å²) in [6.07, 6.45) is 6.99. The fourth-order valence-corrected chi connectivity index (χ4v) is 3.70. The van der Waals surface area contributed by atoms with Crippen molar-refractivity contribution in [3.63, 3.8) is 0 Å². The lowest BCUT2D eigenvalue weighted by molar-refractivity contribution is 0.342. The summed E-state index contributed by atoms with van der Waals surface area (Å²) in [5.41, 5.74) is 5.63. The van der Waals surface area contributed by atoms with Gasteiger partial charge >= 0.3 is 0 Å². The van der Waals surface area contributed by atoms with Gasteiger partial charge in [-0.1, -0.05) is 55.2 Å². The monoisotopic (exact) mass is 318 g/mol. The predicted molar refractivity (Wildman–Crippen MR) is 101 cm³/mol. The van der Waals surface area contributed by atoms with Crippen LogP contribution in [0.1, 0.15) is 43.2 Å². The third-order valence-corrected chi connectivity index (χ3v) is 4.93. The molecule has 1 aliphatic carbocycles. The van der Waals surface area contributed by atoms with Crippen LogP contribution in [0.4, 0.5) is 5.69 Å². The SMILES string of the molecule is [C-]#[N+]c1cccc(-c2cc(C)cc(CNCC3CCCCC3)c2)c1. The van der Waals surface area contributed by atoms with Crippen molar-refractivity contribution in [2.45, 2.75) is 45.6 Å². The van der Waals surface area contributed by atoms with E-state index in [4.69, 9.17) is 6.57 Å². The maximum absolute atomic E-state index is 7.19. The van der Waals surface area contributed by atoms with Crippen LogP contribution >= 0.6 is 0 Å². The first-order valence-electron chi connectivity index (χ1n) is 9.04. The Kier molecular flexibility index (Phi) is 5.67. The lowest BCUT2D eigenvalue weighted by Gasteiger charge is -2.22. The molecule has 0 bridgehead atoms. The summed E-state index contributed by atoms with van der Waals surface area (Å²) in [5, 5.41) is 3.65. The second kappa shape index (κ2) is 8.13. The molecule has 0 heterocycles. The van der Waals surface area contributed by atoms with Crippen molar-refractivity contribution in [2.24, 2.45) is 5.92 Å². The fourth-order valence-electron chi connectivity index (χ4n) is 3.70. The minimum absolute atomic E-state index is 0.700. The molecule has 0 aliphatic heterocycles. The van der Waals surface area contributed by atoms with Gasteiger partial charge in [-0.15, -0.1) is 0 Å². The van der Waals surface area contributed by atoms with E-state index in [1.165, 1.54) is 48.8 Å². The highest BCUT2D eigenvalue weighted by Crippen LogP contribution is 2.26. The predicted octanol–water partition coefficient (Wildman–Crippen LogP) is 5.88. The molecular formula is C22H26N2. The zero-order valence-electron chi connectivity index (χ0n) is 14.5. The van der Waals surface area contributed by atoms with E-state index in [0.29, 0.717) is 5.69 Å². The first-order valence-corrected chi connectivity index (χ1v) is 9.04. The largest absolute Gasteiger partial charge is 0.312 e. The number of aryl methyl sites for hydroxylation is 1. The third-order valence-electron chi connectivity index (χ3n) is 4.93. The van der Waals surface area contributed by atoms with Gasteiger partial charge in [0.25, 0.3) is 0 Å². The van der Waals surface area contributed by atoms with Crippen molar-refractivity contribution in [3.8, 4) is 11.1 Å². The van der Waals surface area contributed by atoms with Crippen LogP contribution in [-0.4, -0.2) is 6.54 Å². The number of nitrogens with one attached hydrogen (secondary N) is 1. The molecule has 0 unspecified atom stereocenters. The maximum atomic E-state index is 7.19. The molecule has 0 saturated heterocycles. The Balaban J connectivity index is 1.68. The van der Waals surface area contributed by atoms with Gasteiger partial charge in [-0.3, -0.25) is 0 Å². The van der Waals surface area contributed by atoms with E-state index >= 15 is 0 Å². The number of nitrogens with zero attached hydrogens (tertiary/aromatic N) is 1. The molecule has 2 aromatic rings. The molecule has 2 nitrogen and oxygen atoms in total. The van der Waals surface area contributed by atoms with Crippen LogP contribution in [0, 0.1) is 19.4 Å². The van der Waals surface area contributed by atoms with Crippen molar-refractivity contribution in [2.75, 3.05) is 6.54 Å². The van der Waals surface area contributed by atoms with E-state index in [9.17, 15) is 0 Å². The first-order chi connectivity index (χ1) is 11.7. The first kappa shape index (κ1) is 16.7. The molecule has 124 valence electrons. The van der Waals surface area contributed by atoms with Gasteiger partial charge in [-0.2, -0.15) is 0 Å². The summed E-state index contributed by atoms with van der Waals surface area (Å²) in [4.78, 5) is 3.54. The van der Waals surface area contributed by atoms with Crippen molar-refractivity contribution >= 4 is 5.69 Å². The topological polar surface area (TPSA) is 16.4 Å². The lowest BCUT2D eigenvalue weighted by Crippen LogP contribution is -2.24. The van der Waals surface area contributed by atoms with E-state index < -0.39 is 0 Å². The summed E-state index contributed by atoms with van der Waals surface area (Å²) in [5.74, 6) is 0.860. The van der Waals surface area contributed by atoms with Crippen molar-refractivity contribution < 1.29 is 0 Å². The Bertz CT molecular complexity index is 721. The molecule has 0 atom stereocenters. The molecule has 2 heteroatoms. The van der Waals surface area contributed by atoms with E-state index in [0.717, 1.165) is 24.6 Å². The van der Waals surface area contributed by atoms with Crippen LogP contribution < -0.4 is 5.32 Å². The van der Waals surface area contributed by atoms with Gasteiger partial charge in [-0.25, -0.2) is 4.85 Å². The fraction of sp³-hybridized carbons (Fsp3) is 0.409. The zero-order valence-corrected chi connectivity index (χ0v) is 14.5. The van der Waals surface area contributed by atoms with Gasteiger partial charge in [-0.05, 0) is 61.1 Å². The zero-order chi connectivity index (χ0) is 16.8. The minimum Gasteiger partial charge on any atom is -0.312 e. The molecule has 2 aromatic carbocycles. The van der Waals surface area contributed by atoms with E-state index in [1.807, 2.05) is 18.2 Å². The van der Waals surface area contributed by atoms with Gasteiger partial charge in [0.2, 0.25) is 0 Å². The van der Waals surface area contributed by atoms with Gasteiger partial charge in [0, 0.05) is 6.54 Å². The number of benzene rings is 2. The highest BCUT2D eigenvalue weighted by atomic mass is 14.9. The van der Waals surface area contributed by atoms with Crippen molar-refractivity contribution in [1.82, 2.24) is 5.32 Å². The lowest BCUT2D eigenvalue weighted by atomic mass is 9.89. The Labute approximate surface area is 145 Å². The van der Waals surface area contributed by atoms with Crippen LogP contribution in [0.2, 0.25) is 0 Å². The quantitative estimate of drug-likeness (QED) is 0.681. The highest BCUT2D eigenvalue weighted by Gasteiger charge is 2.12. The van der Waals surface area contributed by atoms with Crippen LogP contribution in [0.15, 0.2) is 42.5 Å². The normalized spacial score (nSPS) is 15.2. The molecule has 1 N–H and O–H groups in total. The molecule has 1 fully saturated rings. The van der Waals surface area contributed by atoms with E-state index in [2.05, 4.69) is 41.4 Å². The van der Waals surface area contributed by atoms with Crippen LogP contribution in [0.3, 0.4) is 0 Å². The standard InChI is InChI=1S/C22H26N2/c1-17-11-19(16-24-15-18-7-4-3-5-8-18)13-21(12-17)20-9-6-10-22(14-20)23-2/h6,9-14,18,24H,3-5,7-8,15-16H2,1H3. The molecule has 0 spiro atoms. The van der Waals surface area contributed by atoms with Crippen LogP contribution in [0.5, 0.6) is 0 Å². The van der Waals surface area contributed by atoms with Gasteiger partial charge < -0.3 is 5.32 Å². The molecule has 3 rings (SSSR count). The Morgan fingerprint density at radius 1 is 1.04 bits per heavy atom. The summed E-state index contributed by atoms with van der Waals surface area (Å²) < 4.78 is 0. The Morgan fingerprint density at radius 2 is 1.88 bits per heavy atom. The maximum Gasteiger partial charge on any atom is 0.187 e. The Hall–Kier alpha value is -2.11. The number of hydrogen-bond donors (Lipinski definition) is 1. The molecular weight excluding hydrogens is 292 g/mol. The Morgan fingerprint density at radius 3 is 2.67 bits per heavy atom. The highest BCUT2D eigenvalue weighted by molar-refractivity contribution is 5.69. The van der Waals surface area contributed by atoms with E-state index in [-0.39, 0.29) is 0 Å². The van der Waals surface area contributed by atoms with Crippen LogP contribution in [-0.2, 0) is 6.54 Å². The average Bonchev–Trinajstić information content (AvgIpc) is 2.62. The number of hydrogen-bond acceptors (Lipinski definition) is 1. The summed E-state index contributed by atoms with van der Waals surface area (Å²) >= 11 is 0. The van der Waals surface area contributed by atoms with Gasteiger partial charge in [0.05, 0.1) is 6.57 Å². The average molecular weight is 318 g/mol. The van der Waals surface area contributed by atoms with E-state index in [1.54, 1.807) is 0 Å². The summed E-state index contributed by atoms with van der Waals surface area (Å²) in [6, 6.07) is 14.6.